The zero-order valence-corrected chi connectivity index (χ0v) is 11.8. The lowest BCUT2D eigenvalue weighted by atomic mass is 10.1. The van der Waals surface area contributed by atoms with Gasteiger partial charge in [-0.3, -0.25) is 5.41 Å². The Hall–Kier alpha value is -1.00. The number of hydrogen-bond donors (Lipinski definition) is 1. The molecule has 0 atom stereocenters. The second kappa shape index (κ2) is 6.25. The Labute approximate surface area is 113 Å². The van der Waals surface area contributed by atoms with Gasteiger partial charge < -0.3 is 9.64 Å². The molecule has 0 radical (unpaired) electrons. The van der Waals surface area contributed by atoms with Gasteiger partial charge in [0.1, 0.15) is 0 Å². The van der Waals surface area contributed by atoms with Crippen molar-refractivity contribution in [2.24, 2.45) is 0 Å². The van der Waals surface area contributed by atoms with Crippen molar-refractivity contribution < 1.29 is 4.74 Å². The maximum atomic E-state index is 7.97. The van der Waals surface area contributed by atoms with Crippen molar-refractivity contribution in [3.8, 4) is 0 Å². The van der Waals surface area contributed by atoms with Crippen molar-refractivity contribution in [1.29, 1.82) is 5.41 Å². The number of anilines is 1. The first-order valence-electron chi connectivity index (χ1n) is 6.38. The van der Waals surface area contributed by atoms with E-state index in [2.05, 4.69) is 36.9 Å². The summed E-state index contributed by atoms with van der Waals surface area (Å²) in [4.78, 5) is 2.09. The fraction of sp³-hybridized carbons (Fsp3) is 0.500. The highest BCUT2D eigenvalue weighted by atomic mass is 32.2. The minimum absolute atomic E-state index is 0.637. The lowest BCUT2D eigenvalue weighted by molar-refractivity contribution is 0.122. The summed E-state index contributed by atoms with van der Waals surface area (Å²) < 4.78 is 5.64. The van der Waals surface area contributed by atoms with Gasteiger partial charge in [-0.15, -0.1) is 0 Å². The molecule has 18 heavy (non-hydrogen) atoms. The molecule has 1 N–H and O–H groups in total. The van der Waals surface area contributed by atoms with Crippen LogP contribution in [0, 0.1) is 12.3 Å². The summed E-state index contributed by atoms with van der Waals surface area (Å²) >= 11 is 1.61. The summed E-state index contributed by atoms with van der Waals surface area (Å²) in [5.74, 6) is 1.00. The first-order chi connectivity index (χ1) is 8.72. The fourth-order valence-electron chi connectivity index (χ4n) is 2.02. The molecule has 0 aliphatic carbocycles. The lowest BCUT2D eigenvalue weighted by Crippen LogP contribution is -2.24. The molecule has 0 amide bonds. The Bertz CT molecular complexity index is 434. The topological polar surface area (TPSA) is 36.3 Å². The number of benzene rings is 1. The number of thioether (sulfide) groups is 1. The summed E-state index contributed by atoms with van der Waals surface area (Å²) in [5.41, 5.74) is 3.55. The van der Waals surface area contributed by atoms with Crippen molar-refractivity contribution in [2.45, 2.75) is 26.9 Å². The summed E-state index contributed by atoms with van der Waals surface area (Å²) in [6.07, 6.45) is 1.04. The number of hydrogen-bond acceptors (Lipinski definition) is 3. The van der Waals surface area contributed by atoms with Crippen LogP contribution in [-0.2, 0) is 11.3 Å². The van der Waals surface area contributed by atoms with Crippen LogP contribution in [0.3, 0.4) is 0 Å². The lowest BCUT2D eigenvalue weighted by Gasteiger charge is -2.21. The molecule has 0 unspecified atom stereocenters. The number of aryl methyl sites for hydroxylation is 1. The van der Waals surface area contributed by atoms with E-state index in [9.17, 15) is 0 Å². The molecule has 2 rings (SSSR count). The third-order valence-electron chi connectivity index (χ3n) is 2.94. The van der Waals surface area contributed by atoms with Crippen LogP contribution in [0.15, 0.2) is 18.2 Å². The van der Waals surface area contributed by atoms with Crippen molar-refractivity contribution in [3.63, 3.8) is 0 Å². The second-order valence-electron chi connectivity index (χ2n) is 4.49. The molecule has 1 fully saturated rings. The summed E-state index contributed by atoms with van der Waals surface area (Å²) in [6.45, 7) is 6.56. The van der Waals surface area contributed by atoms with E-state index in [1.165, 1.54) is 11.1 Å². The Morgan fingerprint density at radius 3 is 2.94 bits per heavy atom. The minimum atomic E-state index is 0.637. The number of nitrogens with zero attached hydrogens (tertiary/aromatic N) is 1. The molecule has 1 aromatic carbocycles. The van der Waals surface area contributed by atoms with Crippen molar-refractivity contribution in [3.05, 3.63) is 29.3 Å². The number of ether oxygens (including phenoxy) is 1. The van der Waals surface area contributed by atoms with E-state index in [1.807, 2.05) is 0 Å². The van der Waals surface area contributed by atoms with E-state index in [-0.39, 0.29) is 0 Å². The van der Waals surface area contributed by atoms with Gasteiger partial charge in [-0.2, -0.15) is 0 Å². The zero-order chi connectivity index (χ0) is 13.0. The maximum absolute atomic E-state index is 7.97. The van der Waals surface area contributed by atoms with Gasteiger partial charge in [-0.25, -0.2) is 0 Å². The molecule has 0 aromatic heterocycles. The Morgan fingerprint density at radius 1 is 1.44 bits per heavy atom. The standard InChI is InChI=1S/C14H20N2OS/c1-3-7-17-10-12-5-4-11(2)9-13(12)16-6-8-18-14(16)15/h4-5,9,15H,3,6-8,10H2,1-2H3. The number of amidine groups is 1. The molecule has 3 nitrogen and oxygen atoms in total. The first kappa shape index (κ1) is 13.4. The molecule has 0 spiro atoms. The van der Waals surface area contributed by atoms with Crippen LogP contribution in [0.2, 0.25) is 0 Å². The molecule has 1 aliphatic heterocycles. The molecule has 1 aromatic rings. The van der Waals surface area contributed by atoms with Gasteiger partial charge >= 0.3 is 0 Å². The zero-order valence-electron chi connectivity index (χ0n) is 11.0. The van der Waals surface area contributed by atoms with Gasteiger partial charge in [-0.05, 0) is 25.0 Å². The van der Waals surface area contributed by atoms with E-state index < -0.39 is 0 Å². The summed E-state index contributed by atoms with van der Waals surface area (Å²) in [6, 6.07) is 6.39. The van der Waals surface area contributed by atoms with E-state index in [0.29, 0.717) is 11.8 Å². The van der Waals surface area contributed by atoms with Crippen LogP contribution >= 0.6 is 11.8 Å². The van der Waals surface area contributed by atoms with Crippen LogP contribution < -0.4 is 4.90 Å². The molecule has 98 valence electrons. The predicted octanol–water partition coefficient (Wildman–Crippen LogP) is 3.41. The van der Waals surface area contributed by atoms with Crippen molar-refractivity contribution >= 4 is 22.6 Å². The van der Waals surface area contributed by atoms with Crippen LogP contribution in [-0.4, -0.2) is 24.1 Å². The van der Waals surface area contributed by atoms with Crippen LogP contribution in [0.1, 0.15) is 24.5 Å². The van der Waals surface area contributed by atoms with Gasteiger partial charge in [0, 0.05) is 30.2 Å². The van der Waals surface area contributed by atoms with E-state index in [1.54, 1.807) is 11.8 Å². The third kappa shape index (κ3) is 3.06. The van der Waals surface area contributed by atoms with E-state index >= 15 is 0 Å². The fourth-order valence-corrected chi connectivity index (χ4v) is 2.83. The molecular weight excluding hydrogens is 244 g/mol. The van der Waals surface area contributed by atoms with Crippen LogP contribution in [0.5, 0.6) is 0 Å². The molecule has 0 saturated carbocycles. The molecule has 0 bridgehead atoms. The Morgan fingerprint density at radius 2 is 2.28 bits per heavy atom. The number of rotatable bonds is 5. The smallest absolute Gasteiger partial charge is 0.160 e. The highest BCUT2D eigenvalue weighted by Crippen LogP contribution is 2.29. The molecule has 4 heteroatoms. The first-order valence-corrected chi connectivity index (χ1v) is 7.37. The predicted molar refractivity (Wildman–Crippen MR) is 78.7 cm³/mol. The van der Waals surface area contributed by atoms with Crippen LogP contribution in [0.25, 0.3) is 0 Å². The van der Waals surface area contributed by atoms with Gasteiger partial charge in [0.2, 0.25) is 0 Å². The maximum Gasteiger partial charge on any atom is 0.160 e. The second-order valence-corrected chi connectivity index (χ2v) is 5.57. The summed E-state index contributed by atoms with van der Waals surface area (Å²) in [5, 5.41) is 8.62. The van der Waals surface area contributed by atoms with Crippen molar-refractivity contribution in [2.75, 3.05) is 23.8 Å². The SMILES string of the molecule is CCCOCc1ccc(C)cc1N1CCSC1=N. The third-order valence-corrected chi connectivity index (χ3v) is 3.82. The highest BCUT2D eigenvalue weighted by Gasteiger charge is 2.21. The molecule has 1 aliphatic rings. The average Bonchev–Trinajstić information content (AvgIpc) is 2.77. The monoisotopic (exact) mass is 264 g/mol. The van der Waals surface area contributed by atoms with Crippen molar-refractivity contribution in [1.82, 2.24) is 0 Å². The molecule has 1 saturated heterocycles. The van der Waals surface area contributed by atoms with Gasteiger partial charge in [-0.1, -0.05) is 30.8 Å². The minimum Gasteiger partial charge on any atom is -0.377 e. The largest absolute Gasteiger partial charge is 0.377 e. The van der Waals surface area contributed by atoms with E-state index in [4.69, 9.17) is 10.1 Å². The number of nitrogens with one attached hydrogen (secondary N) is 1. The summed E-state index contributed by atoms with van der Waals surface area (Å²) in [7, 11) is 0. The van der Waals surface area contributed by atoms with Gasteiger partial charge in [0.15, 0.2) is 5.17 Å². The van der Waals surface area contributed by atoms with Crippen LogP contribution in [0.4, 0.5) is 5.69 Å². The molecule has 1 heterocycles. The van der Waals surface area contributed by atoms with Gasteiger partial charge in [0.05, 0.1) is 6.61 Å². The molecular formula is C14H20N2OS. The average molecular weight is 264 g/mol. The Kier molecular flexibility index (Phi) is 4.66. The Balaban J connectivity index is 2.20. The quantitative estimate of drug-likeness (QED) is 0.828. The van der Waals surface area contributed by atoms with E-state index in [0.717, 1.165) is 31.0 Å². The van der Waals surface area contributed by atoms with Gasteiger partial charge in [0.25, 0.3) is 0 Å². The highest BCUT2D eigenvalue weighted by molar-refractivity contribution is 8.14. The normalized spacial score (nSPS) is 15.4.